The van der Waals surface area contributed by atoms with Gasteiger partial charge in [-0.25, -0.2) is 4.98 Å². The SMILES string of the molecule is COc1cc(Br)c(Oc2ccnc(F)c2)cc1Br. The lowest BCUT2D eigenvalue weighted by Crippen LogP contribution is -1.90. The number of pyridine rings is 1. The van der Waals surface area contributed by atoms with Gasteiger partial charge >= 0.3 is 0 Å². The maximum atomic E-state index is 12.9. The number of hydrogen-bond acceptors (Lipinski definition) is 3. The number of methoxy groups -OCH3 is 1. The second kappa shape index (κ2) is 5.67. The summed E-state index contributed by atoms with van der Waals surface area (Å²) in [5.41, 5.74) is 0. The van der Waals surface area contributed by atoms with Crippen molar-refractivity contribution in [2.45, 2.75) is 0 Å². The number of aromatic nitrogens is 1. The van der Waals surface area contributed by atoms with Crippen LogP contribution in [0.1, 0.15) is 0 Å². The van der Waals surface area contributed by atoms with E-state index in [4.69, 9.17) is 9.47 Å². The molecule has 1 aromatic carbocycles. The van der Waals surface area contributed by atoms with Crippen molar-refractivity contribution in [1.29, 1.82) is 0 Å². The van der Waals surface area contributed by atoms with E-state index in [9.17, 15) is 4.39 Å². The van der Waals surface area contributed by atoms with Gasteiger partial charge in [-0.2, -0.15) is 4.39 Å². The molecule has 0 spiro atoms. The first-order valence-electron chi connectivity index (χ1n) is 4.92. The second-order valence-electron chi connectivity index (χ2n) is 3.33. The monoisotopic (exact) mass is 375 g/mol. The van der Waals surface area contributed by atoms with E-state index in [2.05, 4.69) is 36.8 Å². The molecule has 1 aromatic heterocycles. The summed E-state index contributed by atoms with van der Waals surface area (Å²) >= 11 is 6.72. The maximum absolute atomic E-state index is 12.9. The summed E-state index contributed by atoms with van der Waals surface area (Å²) in [6.07, 6.45) is 1.34. The molecule has 0 aliphatic heterocycles. The zero-order chi connectivity index (χ0) is 13.1. The number of benzene rings is 1. The Kier molecular flexibility index (Phi) is 4.19. The first-order valence-corrected chi connectivity index (χ1v) is 6.51. The lowest BCUT2D eigenvalue weighted by molar-refractivity contribution is 0.409. The molecular formula is C12H8Br2FNO2. The molecule has 0 bridgehead atoms. The Morgan fingerprint density at radius 3 is 2.44 bits per heavy atom. The first kappa shape index (κ1) is 13.3. The molecule has 1 heterocycles. The zero-order valence-corrected chi connectivity index (χ0v) is 12.5. The molecule has 94 valence electrons. The predicted molar refractivity (Wildman–Crippen MR) is 72.7 cm³/mol. The Labute approximate surface area is 120 Å². The van der Waals surface area contributed by atoms with E-state index >= 15 is 0 Å². The van der Waals surface area contributed by atoms with Crippen molar-refractivity contribution in [1.82, 2.24) is 4.98 Å². The number of hydrogen-bond donors (Lipinski definition) is 0. The van der Waals surface area contributed by atoms with Crippen molar-refractivity contribution in [3.63, 3.8) is 0 Å². The standard InChI is InChI=1S/C12H8Br2FNO2/c1-17-10-5-9(14)11(6-8(10)13)18-7-2-3-16-12(15)4-7/h2-6H,1H3. The molecule has 6 heteroatoms. The lowest BCUT2D eigenvalue weighted by Gasteiger charge is -2.10. The normalized spacial score (nSPS) is 10.2. The van der Waals surface area contributed by atoms with E-state index in [-0.39, 0.29) is 0 Å². The fourth-order valence-electron chi connectivity index (χ4n) is 1.32. The largest absolute Gasteiger partial charge is 0.496 e. The minimum atomic E-state index is -0.587. The third-order valence-electron chi connectivity index (χ3n) is 2.13. The van der Waals surface area contributed by atoms with E-state index < -0.39 is 5.95 Å². The molecule has 0 saturated carbocycles. The van der Waals surface area contributed by atoms with Gasteiger partial charge in [-0.15, -0.1) is 0 Å². The molecule has 0 aliphatic carbocycles. The highest BCUT2D eigenvalue weighted by atomic mass is 79.9. The van der Waals surface area contributed by atoms with Crippen LogP contribution in [0.3, 0.4) is 0 Å². The predicted octanol–water partition coefficient (Wildman–Crippen LogP) is 4.55. The van der Waals surface area contributed by atoms with Crippen LogP contribution < -0.4 is 9.47 Å². The van der Waals surface area contributed by atoms with Crippen LogP contribution >= 0.6 is 31.9 Å². The summed E-state index contributed by atoms with van der Waals surface area (Å²) in [6, 6.07) is 6.29. The molecule has 2 rings (SSSR count). The van der Waals surface area contributed by atoms with Gasteiger partial charge in [0.1, 0.15) is 17.2 Å². The molecule has 0 radical (unpaired) electrons. The highest BCUT2D eigenvalue weighted by Crippen LogP contribution is 2.38. The van der Waals surface area contributed by atoms with Crippen LogP contribution in [0, 0.1) is 5.95 Å². The van der Waals surface area contributed by atoms with Gasteiger partial charge in [-0.05, 0) is 50.1 Å². The molecular weight excluding hydrogens is 369 g/mol. The first-order chi connectivity index (χ1) is 8.60. The van der Waals surface area contributed by atoms with Crippen LogP contribution in [0.2, 0.25) is 0 Å². The molecule has 0 aliphatic rings. The Morgan fingerprint density at radius 1 is 1.11 bits per heavy atom. The molecule has 0 atom stereocenters. The van der Waals surface area contributed by atoms with E-state index in [0.717, 1.165) is 4.47 Å². The van der Waals surface area contributed by atoms with Crippen molar-refractivity contribution in [3.8, 4) is 17.2 Å². The average Bonchev–Trinajstić information content (AvgIpc) is 2.33. The second-order valence-corrected chi connectivity index (χ2v) is 5.04. The Hall–Kier alpha value is -1.14. The number of nitrogens with zero attached hydrogens (tertiary/aromatic N) is 1. The highest BCUT2D eigenvalue weighted by Gasteiger charge is 2.09. The summed E-state index contributed by atoms with van der Waals surface area (Å²) in [5, 5.41) is 0. The molecule has 0 fully saturated rings. The van der Waals surface area contributed by atoms with Gasteiger partial charge in [0.25, 0.3) is 0 Å². The van der Waals surface area contributed by atoms with Crippen molar-refractivity contribution in [2.24, 2.45) is 0 Å². The van der Waals surface area contributed by atoms with Gasteiger partial charge in [0.15, 0.2) is 0 Å². The Balaban J connectivity index is 2.32. The number of ether oxygens (including phenoxy) is 2. The average molecular weight is 377 g/mol. The van der Waals surface area contributed by atoms with Gasteiger partial charge in [-0.3, -0.25) is 0 Å². The summed E-state index contributed by atoms with van der Waals surface area (Å²) < 4.78 is 25.1. The Morgan fingerprint density at radius 2 is 1.78 bits per heavy atom. The molecule has 0 N–H and O–H groups in total. The van der Waals surface area contributed by atoms with Crippen molar-refractivity contribution >= 4 is 31.9 Å². The lowest BCUT2D eigenvalue weighted by atomic mass is 10.3. The molecule has 2 aromatic rings. The minimum absolute atomic E-state index is 0.375. The molecule has 18 heavy (non-hydrogen) atoms. The fraction of sp³-hybridized carbons (Fsp3) is 0.0833. The summed E-state index contributed by atoms with van der Waals surface area (Å²) in [5.74, 6) is 1.01. The fourth-order valence-corrected chi connectivity index (χ4v) is 2.21. The number of rotatable bonds is 3. The van der Waals surface area contributed by atoms with E-state index in [1.807, 2.05) is 0 Å². The van der Waals surface area contributed by atoms with Gasteiger partial charge in [0, 0.05) is 12.3 Å². The van der Waals surface area contributed by atoms with Gasteiger partial charge in [-0.1, -0.05) is 0 Å². The van der Waals surface area contributed by atoms with Crippen LogP contribution in [-0.4, -0.2) is 12.1 Å². The van der Waals surface area contributed by atoms with Crippen molar-refractivity contribution in [2.75, 3.05) is 7.11 Å². The van der Waals surface area contributed by atoms with Gasteiger partial charge in [0.05, 0.1) is 16.1 Å². The maximum Gasteiger partial charge on any atom is 0.216 e. The highest BCUT2D eigenvalue weighted by molar-refractivity contribution is 9.11. The summed E-state index contributed by atoms with van der Waals surface area (Å²) in [4.78, 5) is 3.46. The quantitative estimate of drug-likeness (QED) is 0.736. The minimum Gasteiger partial charge on any atom is -0.496 e. The molecule has 0 unspecified atom stereocenters. The van der Waals surface area contributed by atoms with Crippen LogP contribution in [0.5, 0.6) is 17.2 Å². The number of halogens is 3. The molecule has 0 amide bonds. The van der Waals surface area contributed by atoms with Crippen LogP contribution in [0.15, 0.2) is 39.4 Å². The van der Waals surface area contributed by atoms with Gasteiger partial charge in [0.2, 0.25) is 5.95 Å². The molecule has 3 nitrogen and oxygen atoms in total. The van der Waals surface area contributed by atoms with Crippen LogP contribution in [0.25, 0.3) is 0 Å². The Bertz CT molecular complexity index is 578. The van der Waals surface area contributed by atoms with E-state index in [1.165, 1.54) is 12.3 Å². The van der Waals surface area contributed by atoms with Crippen molar-refractivity contribution in [3.05, 3.63) is 45.4 Å². The third-order valence-corrected chi connectivity index (χ3v) is 3.37. The summed E-state index contributed by atoms with van der Waals surface area (Å²) in [7, 11) is 1.57. The van der Waals surface area contributed by atoms with Crippen molar-refractivity contribution < 1.29 is 13.9 Å². The van der Waals surface area contributed by atoms with Gasteiger partial charge < -0.3 is 9.47 Å². The topological polar surface area (TPSA) is 31.4 Å². The zero-order valence-electron chi connectivity index (χ0n) is 9.28. The van der Waals surface area contributed by atoms with E-state index in [0.29, 0.717) is 21.7 Å². The molecule has 0 saturated heterocycles. The van der Waals surface area contributed by atoms with E-state index in [1.54, 1.807) is 25.3 Å². The third kappa shape index (κ3) is 3.00. The van der Waals surface area contributed by atoms with Crippen LogP contribution in [0.4, 0.5) is 4.39 Å². The smallest absolute Gasteiger partial charge is 0.216 e. The van der Waals surface area contributed by atoms with Crippen LogP contribution in [-0.2, 0) is 0 Å². The summed E-state index contributed by atoms with van der Waals surface area (Å²) in [6.45, 7) is 0.